The van der Waals surface area contributed by atoms with E-state index in [1.807, 2.05) is 23.1 Å². The third kappa shape index (κ3) is 3.16. The lowest BCUT2D eigenvalue weighted by Gasteiger charge is -2.20. The van der Waals surface area contributed by atoms with Crippen molar-refractivity contribution in [2.24, 2.45) is 0 Å². The standard InChI is InChI=1S/C22H24N3O/c1-22(2,3)17-6-4-5-15(11-17)19(26)13-25-12-16-9-10-18(14-7-8-14)24-20(16)21(25)23/h4-5,9-11,14,23H,7-8,12-13H2,1-3H3. The molecule has 26 heavy (non-hydrogen) atoms. The number of carbonyl (C=O) groups is 1. The first-order chi connectivity index (χ1) is 12.3. The van der Waals surface area contributed by atoms with Crippen molar-refractivity contribution in [2.75, 3.05) is 6.54 Å². The summed E-state index contributed by atoms with van der Waals surface area (Å²) >= 11 is 0. The van der Waals surface area contributed by atoms with Gasteiger partial charge in [-0.15, -0.1) is 0 Å². The van der Waals surface area contributed by atoms with Crippen LogP contribution in [0.5, 0.6) is 0 Å². The molecule has 133 valence electrons. The minimum atomic E-state index is -0.0456. The lowest BCUT2D eigenvalue weighted by atomic mass is 9.86. The Morgan fingerprint density at radius 1 is 1.31 bits per heavy atom. The first-order valence-corrected chi connectivity index (χ1v) is 9.22. The maximum atomic E-state index is 12.8. The quantitative estimate of drug-likeness (QED) is 0.849. The number of amidine groups is 1. The van der Waals surface area contributed by atoms with Crippen LogP contribution < -0.4 is 0 Å². The average Bonchev–Trinajstić information content (AvgIpc) is 3.41. The molecule has 1 aromatic heterocycles. The number of benzene rings is 1. The number of pyridine rings is 1. The molecule has 2 aromatic rings. The normalized spacial score (nSPS) is 16.7. The number of nitrogens with zero attached hydrogens (tertiary/aromatic N) is 2. The topological polar surface area (TPSA) is 57.1 Å². The maximum Gasteiger partial charge on any atom is 0.182 e. The molecule has 0 amide bonds. The fraction of sp³-hybridized carbons (Fsp3) is 0.409. The van der Waals surface area contributed by atoms with Crippen LogP contribution in [0.2, 0.25) is 0 Å². The molecule has 1 aliphatic heterocycles. The first kappa shape index (κ1) is 17.0. The van der Waals surface area contributed by atoms with Crippen LogP contribution in [0.1, 0.15) is 72.4 Å². The van der Waals surface area contributed by atoms with Crippen molar-refractivity contribution >= 4 is 11.6 Å². The SMILES string of the molecule is CC(C)(C)c1[c]ccc(C(=O)CN2Cc3ccc(C4CC4)nc3C2=N)c1. The molecule has 0 spiro atoms. The fourth-order valence-electron chi connectivity index (χ4n) is 3.35. The molecule has 0 atom stereocenters. The molecular formula is C22H24N3O. The summed E-state index contributed by atoms with van der Waals surface area (Å²) in [4.78, 5) is 19.3. The minimum absolute atomic E-state index is 0.0319. The van der Waals surface area contributed by atoms with Gasteiger partial charge in [0, 0.05) is 29.3 Å². The summed E-state index contributed by atoms with van der Waals surface area (Å²) in [7, 11) is 0. The number of nitrogens with one attached hydrogen (secondary N) is 1. The maximum absolute atomic E-state index is 12.8. The van der Waals surface area contributed by atoms with Gasteiger partial charge in [-0.1, -0.05) is 39.0 Å². The number of carbonyl (C=O) groups excluding carboxylic acids is 1. The zero-order chi connectivity index (χ0) is 18.5. The molecule has 0 unspecified atom stereocenters. The molecule has 4 nitrogen and oxygen atoms in total. The Labute approximate surface area is 154 Å². The first-order valence-electron chi connectivity index (χ1n) is 9.22. The molecule has 1 aromatic carbocycles. The van der Waals surface area contributed by atoms with Gasteiger partial charge < -0.3 is 4.90 Å². The number of hydrogen-bond donors (Lipinski definition) is 1. The van der Waals surface area contributed by atoms with E-state index in [0.29, 0.717) is 23.9 Å². The van der Waals surface area contributed by atoms with Gasteiger partial charge in [0.15, 0.2) is 5.78 Å². The lowest BCUT2D eigenvalue weighted by Crippen LogP contribution is -2.30. The van der Waals surface area contributed by atoms with Crippen LogP contribution in [-0.4, -0.2) is 28.0 Å². The number of rotatable bonds is 4. The second-order valence-corrected chi connectivity index (χ2v) is 8.39. The van der Waals surface area contributed by atoms with Crippen LogP contribution in [0.3, 0.4) is 0 Å². The van der Waals surface area contributed by atoms with Gasteiger partial charge in [0.25, 0.3) is 0 Å². The zero-order valence-corrected chi connectivity index (χ0v) is 15.6. The van der Waals surface area contributed by atoms with Crippen molar-refractivity contribution in [1.29, 1.82) is 5.41 Å². The van der Waals surface area contributed by atoms with Crippen molar-refractivity contribution in [3.63, 3.8) is 0 Å². The Hall–Kier alpha value is -2.49. The van der Waals surface area contributed by atoms with Gasteiger partial charge in [0.1, 0.15) is 11.5 Å². The van der Waals surface area contributed by atoms with Crippen molar-refractivity contribution in [1.82, 2.24) is 9.88 Å². The number of ketones is 1. The van der Waals surface area contributed by atoms with E-state index in [0.717, 1.165) is 22.5 Å². The van der Waals surface area contributed by atoms with Gasteiger partial charge in [-0.2, -0.15) is 0 Å². The zero-order valence-electron chi connectivity index (χ0n) is 15.6. The van der Waals surface area contributed by atoms with E-state index in [1.165, 1.54) is 12.8 Å². The Morgan fingerprint density at radius 2 is 2.08 bits per heavy atom. The third-order valence-corrected chi connectivity index (χ3v) is 5.16. The highest BCUT2D eigenvalue weighted by molar-refractivity contribution is 6.04. The van der Waals surface area contributed by atoms with Crippen LogP contribution in [0.4, 0.5) is 0 Å². The predicted octanol–water partition coefficient (Wildman–Crippen LogP) is 4.08. The van der Waals surface area contributed by atoms with Crippen molar-refractivity contribution in [3.8, 4) is 0 Å². The van der Waals surface area contributed by atoms with E-state index < -0.39 is 0 Å². The summed E-state index contributed by atoms with van der Waals surface area (Å²) in [6.07, 6.45) is 2.39. The van der Waals surface area contributed by atoms with E-state index in [2.05, 4.69) is 39.0 Å². The second-order valence-electron chi connectivity index (χ2n) is 8.39. The van der Waals surface area contributed by atoms with Crippen LogP contribution in [-0.2, 0) is 12.0 Å². The summed E-state index contributed by atoms with van der Waals surface area (Å²) in [5.41, 5.74) is 4.55. The lowest BCUT2D eigenvalue weighted by molar-refractivity contribution is 0.0962. The highest BCUT2D eigenvalue weighted by Gasteiger charge is 2.31. The molecular weight excluding hydrogens is 322 g/mol. The fourth-order valence-corrected chi connectivity index (χ4v) is 3.35. The molecule has 4 rings (SSSR count). The van der Waals surface area contributed by atoms with Gasteiger partial charge in [0.05, 0.1) is 6.54 Å². The predicted molar refractivity (Wildman–Crippen MR) is 102 cm³/mol. The molecule has 1 N–H and O–H groups in total. The van der Waals surface area contributed by atoms with E-state index in [4.69, 9.17) is 10.4 Å². The number of Topliss-reactive ketones (excluding diaryl/α,β-unsaturated/α-hetero) is 1. The summed E-state index contributed by atoms with van der Waals surface area (Å²) in [6, 6.07) is 12.9. The number of aromatic nitrogens is 1. The summed E-state index contributed by atoms with van der Waals surface area (Å²) in [5.74, 6) is 0.971. The minimum Gasteiger partial charge on any atom is -0.343 e. The van der Waals surface area contributed by atoms with Crippen molar-refractivity contribution in [3.05, 3.63) is 64.5 Å². The summed E-state index contributed by atoms with van der Waals surface area (Å²) in [5, 5.41) is 8.45. The van der Waals surface area contributed by atoms with E-state index in [9.17, 15) is 4.79 Å². The molecule has 0 saturated heterocycles. The van der Waals surface area contributed by atoms with Crippen LogP contribution in [0.25, 0.3) is 0 Å². The van der Waals surface area contributed by atoms with E-state index in [1.54, 1.807) is 0 Å². The van der Waals surface area contributed by atoms with Gasteiger partial charge in [-0.05, 0) is 42.0 Å². The van der Waals surface area contributed by atoms with E-state index in [-0.39, 0.29) is 17.7 Å². The Bertz CT molecular complexity index is 891. The highest BCUT2D eigenvalue weighted by Crippen LogP contribution is 2.39. The third-order valence-electron chi connectivity index (χ3n) is 5.16. The number of fused-ring (bicyclic) bond motifs is 1. The monoisotopic (exact) mass is 346 g/mol. The second kappa shape index (κ2) is 6.04. The molecule has 1 fully saturated rings. The Balaban J connectivity index is 1.51. The molecule has 4 heteroatoms. The molecule has 0 bridgehead atoms. The van der Waals surface area contributed by atoms with Crippen molar-refractivity contribution in [2.45, 2.75) is 51.5 Å². The molecule has 1 aliphatic carbocycles. The number of hydrogen-bond acceptors (Lipinski definition) is 3. The molecule has 1 saturated carbocycles. The Kier molecular flexibility index (Phi) is 3.94. The van der Waals surface area contributed by atoms with Gasteiger partial charge >= 0.3 is 0 Å². The average molecular weight is 346 g/mol. The molecule has 1 radical (unpaired) electrons. The van der Waals surface area contributed by atoms with Gasteiger partial charge in [0.2, 0.25) is 0 Å². The van der Waals surface area contributed by atoms with E-state index >= 15 is 0 Å². The van der Waals surface area contributed by atoms with Gasteiger partial charge in [-0.3, -0.25) is 10.2 Å². The molecule has 2 aliphatic rings. The summed E-state index contributed by atoms with van der Waals surface area (Å²) in [6.45, 7) is 7.14. The van der Waals surface area contributed by atoms with Crippen molar-refractivity contribution < 1.29 is 4.79 Å². The van der Waals surface area contributed by atoms with Crippen LogP contribution >= 0.6 is 0 Å². The van der Waals surface area contributed by atoms with Crippen LogP contribution in [0.15, 0.2) is 30.3 Å². The largest absolute Gasteiger partial charge is 0.343 e. The summed E-state index contributed by atoms with van der Waals surface area (Å²) < 4.78 is 0. The Morgan fingerprint density at radius 3 is 2.77 bits per heavy atom. The highest BCUT2D eigenvalue weighted by atomic mass is 16.1. The smallest absolute Gasteiger partial charge is 0.182 e. The molecule has 2 heterocycles. The van der Waals surface area contributed by atoms with Crippen LogP contribution in [0, 0.1) is 11.5 Å². The van der Waals surface area contributed by atoms with Gasteiger partial charge in [-0.25, -0.2) is 4.98 Å².